The van der Waals surface area contributed by atoms with Crippen LogP contribution in [0.25, 0.3) is 0 Å². The molecule has 1 rings (SSSR count). The molecule has 0 aromatic heterocycles. The highest BCUT2D eigenvalue weighted by Crippen LogP contribution is 2.18. The summed E-state index contributed by atoms with van der Waals surface area (Å²) < 4.78 is 0. The molecule has 0 bridgehead atoms. The number of rotatable bonds is 8. The normalized spacial score (nSPS) is 14.7. The zero-order valence-electron chi connectivity index (χ0n) is 11.8. The van der Waals surface area contributed by atoms with Crippen LogP contribution in [0.2, 0.25) is 0 Å². The molecule has 0 saturated carbocycles. The molecule has 0 aliphatic rings. The zero-order valence-corrected chi connectivity index (χ0v) is 11.8. The maximum absolute atomic E-state index is 10.3. The average molecular weight is 250 g/mol. The molecule has 2 N–H and O–H groups in total. The lowest BCUT2D eigenvalue weighted by Gasteiger charge is -2.23. The van der Waals surface area contributed by atoms with Crippen LogP contribution in [0.15, 0.2) is 30.3 Å². The third kappa shape index (κ3) is 5.17. The van der Waals surface area contributed by atoms with Crippen molar-refractivity contribution >= 4 is 0 Å². The van der Waals surface area contributed by atoms with Crippen LogP contribution in [-0.2, 0) is 0 Å². The number of hydrogen-bond acceptors (Lipinski definition) is 3. The Kier molecular flexibility index (Phi) is 6.94. The number of hydrogen-bond donors (Lipinski definition) is 2. The highest BCUT2D eigenvalue weighted by molar-refractivity contribution is 5.18. The van der Waals surface area contributed by atoms with E-state index in [0.29, 0.717) is 0 Å². The lowest BCUT2D eigenvalue weighted by atomic mass is 10.0. The molecule has 102 valence electrons. The number of aliphatic hydroxyl groups is 1. The maximum Gasteiger partial charge on any atom is 0.0942 e. The minimum absolute atomic E-state index is 0.134. The van der Waals surface area contributed by atoms with Gasteiger partial charge in [0.1, 0.15) is 0 Å². The molecule has 3 nitrogen and oxygen atoms in total. The summed E-state index contributed by atoms with van der Waals surface area (Å²) in [5, 5.41) is 13.8. The molecule has 0 saturated heterocycles. The second-order valence-corrected chi connectivity index (χ2v) is 4.98. The largest absolute Gasteiger partial charge is 0.387 e. The van der Waals surface area contributed by atoms with Crippen LogP contribution in [0.3, 0.4) is 0 Å². The van der Waals surface area contributed by atoms with Gasteiger partial charge in [-0.25, -0.2) is 0 Å². The molecule has 1 aromatic rings. The predicted octanol–water partition coefficient (Wildman–Crippen LogP) is 2.04. The third-order valence-corrected chi connectivity index (χ3v) is 3.15. The second-order valence-electron chi connectivity index (χ2n) is 4.98. The van der Waals surface area contributed by atoms with Crippen LogP contribution >= 0.6 is 0 Å². The Morgan fingerprint density at radius 2 is 1.89 bits per heavy atom. The first-order chi connectivity index (χ1) is 8.65. The molecular weight excluding hydrogens is 224 g/mol. The van der Waals surface area contributed by atoms with Crippen LogP contribution < -0.4 is 5.32 Å². The van der Waals surface area contributed by atoms with E-state index >= 15 is 0 Å². The van der Waals surface area contributed by atoms with Gasteiger partial charge in [-0.05, 0) is 45.6 Å². The number of aliphatic hydroxyl groups excluding tert-OH is 1. The molecule has 2 atom stereocenters. The molecule has 0 amide bonds. The fraction of sp³-hybridized carbons (Fsp3) is 0.600. The van der Waals surface area contributed by atoms with Crippen molar-refractivity contribution in [3.63, 3.8) is 0 Å². The topological polar surface area (TPSA) is 35.5 Å². The van der Waals surface area contributed by atoms with E-state index in [1.165, 1.54) is 0 Å². The van der Waals surface area contributed by atoms with Crippen LogP contribution in [0, 0.1) is 0 Å². The zero-order chi connectivity index (χ0) is 13.4. The molecule has 18 heavy (non-hydrogen) atoms. The Bertz CT molecular complexity index is 314. The summed E-state index contributed by atoms with van der Waals surface area (Å²) in [5.41, 5.74) is 0.990. The Hall–Kier alpha value is -0.900. The Morgan fingerprint density at radius 3 is 2.44 bits per heavy atom. The Balaban J connectivity index is 2.41. The van der Waals surface area contributed by atoms with Gasteiger partial charge in [-0.3, -0.25) is 0 Å². The lowest BCUT2D eigenvalue weighted by molar-refractivity contribution is 0.125. The molecule has 0 aliphatic heterocycles. The summed E-state index contributed by atoms with van der Waals surface area (Å²) >= 11 is 0. The molecule has 3 heteroatoms. The van der Waals surface area contributed by atoms with E-state index in [4.69, 9.17) is 0 Å². The van der Waals surface area contributed by atoms with Gasteiger partial charge >= 0.3 is 0 Å². The van der Waals surface area contributed by atoms with E-state index in [-0.39, 0.29) is 6.04 Å². The molecule has 0 aliphatic carbocycles. The molecule has 0 radical (unpaired) electrons. The van der Waals surface area contributed by atoms with Gasteiger partial charge in [-0.15, -0.1) is 0 Å². The number of nitrogens with zero attached hydrogens (tertiary/aromatic N) is 1. The van der Waals surface area contributed by atoms with Crippen molar-refractivity contribution in [1.29, 1.82) is 0 Å². The summed E-state index contributed by atoms with van der Waals surface area (Å²) in [4.78, 5) is 2.18. The van der Waals surface area contributed by atoms with Crippen molar-refractivity contribution < 1.29 is 5.11 Å². The van der Waals surface area contributed by atoms with E-state index in [9.17, 15) is 5.11 Å². The van der Waals surface area contributed by atoms with Crippen LogP contribution in [0.1, 0.15) is 31.4 Å². The maximum atomic E-state index is 10.3. The van der Waals surface area contributed by atoms with Gasteiger partial charge in [0.05, 0.1) is 6.10 Å². The average Bonchev–Trinajstić information content (AvgIpc) is 2.39. The predicted molar refractivity (Wildman–Crippen MR) is 76.7 cm³/mol. The monoisotopic (exact) mass is 250 g/mol. The van der Waals surface area contributed by atoms with Crippen molar-refractivity contribution in [3.8, 4) is 0 Å². The van der Waals surface area contributed by atoms with Crippen LogP contribution in [0.4, 0.5) is 0 Å². The minimum atomic E-state index is -0.421. The van der Waals surface area contributed by atoms with Crippen molar-refractivity contribution in [2.24, 2.45) is 0 Å². The number of benzene rings is 1. The van der Waals surface area contributed by atoms with Crippen molar-refractivity contribution in [1.82, 2.24) is 10.2 Å². The highest BCUT2D eigenvalue weighted by Gasteiger charge is 2.17. The van der Waals surface area contributed by atoms with Crippen LogP contribution in [-0.4, -0.2) is 43.2 Å². The molecule has 1 aromatic carbocycles. The number of nitrogens with one attached hydrogen (secondary N) is 1. The SMILES string of the molecule is CCC(NCCCN(C)C)C(O)c1ccccc1. The molecule has 0 fully saturated rings. The van der Waals surface area contributed by atoms with E-state index in [1.807, 2.05) is 30.3 Å². The van der Waals surface area contributed by atoms with E-state index in [1.54, 1.807) is 0 Å². The van der Waals surface area contributed by atoms with Gasteiger partial charge in [0.25, 0.3) is 0 Å². The first-order valence-electron chi connectivity index (χ1n) is 6.76. The molecule has 0 heterocycles. The summed E-state index contributed by atoms with van der Waals surface area (Å²) in [6.07, 6.45) is 1.61. The standard InChI is InChI=1S/C15H26N2O/c1-4-14(16-11-8-12-17(2)3)15(18)13-9-6-5-7-10-13/h5-7,9-10,14-16,18H,4,8,11-12H2,1-3H3. The summed E-state index contributed by atoms with van der Waals surface area (Å²) in [6, 6.07) is 10.0. The summed E-state index contributed by atoms with van der Waals surface area (Å²) in [5.74, 6) is 0. The Labute approximate surface area is 111 Å². The first-order valence-corrected chi connectivity index (χ1v) is 6.76. The smallest absolute Gasteiger partial charge is 0.0942 e. The highest BCUT2D eigenvalue weighted by atomic mass is 16.3. The Morgan fingerprint density at radius 1 is 1.22 bits per heavy atom. The van der Waals surface area contributed by atoms with Crippen molar-refractivity contribution in [2.75, 3.05) is 27.2 Å². The molecular formula is C15H26N2O. The van der Waals surface area contributed by atoms with Gasteiger partial charge in [0, 0.05) is 6.04 Å². The lowest BCUT2D eigenvalue weighted by Crippen LogP contribution is -2.36. The van der Waals surface area contributed by atoms with Gasteiger partial charge in [-0.1, -0.05) is 37.3 Å². The molecule has 0 spiro atoms. The second kappa shape index (κ2) is 8.25. The van der Waals surface area contributed by atoms with Gasteiger partial charge < -0.3 is 15.3 Å². The fourth-order valence-corrected chi connectivity index (χ4v) is 2.04. The first kappa shape index (κ1) is 15.2. The third-order valence-electron chi connectivity index (χ3n) is 3.15. The quantitative estimate of drug-likeness (QED) is 0.693. The van der Waals surface area contributed by atoms with Crippen molar-refractivity contribution in [3.05, 3.63) is 35.9 Å². The van der Waals surface area contributed by atoms with Crippen LogP contribution in [0.5, 0.6) is 0 Å². The summed E-state index contributed by atoms with van der Waals surface area (Å²) in [6.45, 7) is 4.13. The van der Waals surface area contributed by atoms with E-state index < -0.39 is 6.10 Å². The van der Waals surface area contributed by atoms with Gasteiger partial charge in [-0.2, -0.15) is 0 Å². The molecule has 2 unspecified atom stereocenters. The van der Waals surface area contributed by atoms with Gasteiger partial charge in [0.2, 0.25) is 0 Å². The van der Waals surface area contributed by atoms with E-state index in [2.05, 4.69) is 31.2 Å². The summed E-state index contributed by atoms with van der Waals surface area (Å²) in [7, 11) is 4.16. The fourth-order valence-electron chi connectivity index (χ4n) is 2.04. The minimum Gasteiger partial charge on any atom is -0.387 e. The van der Waals surface area contributed by atoms with E-state index in [0.717, 1.165) is 31.5 Å². The van der Waals surface area contributed by atoms with Crippen molar-refractivity contribution in [2.45, 2.75) is 31.9 Å². The van der Waals surface area contributed by atoms with Gasteiger partial charge in [0.15, 0.2) is 0 Å².